The lowest BCUT2D eigenvalue weighted by Crippen LogP contribution is -2.71. The van der Waals surface area contributed by atoms with Crippen molar-refractivity contribution in [3.63, 3.8) is 0 Å². The van der Waals surface area contributed by atoms with E-state index in [1.807, 2.05) is 0 Å². The van der Waals surface area contributed by atoms with E-state index in [9.17, 15) is 132 Å². The molecule has 0 aromatic rings. The number of rotatable bonds is 28. The molecule has 35 atom stereocenters. The van der Waals surface area contributed by atoms with Crippen molar-refractivity contribution in [3.8, 4) is 0 Å². The van der Waals surface area contributed by atoms with Gasteiger partial charge in [0.2, 0.25) is 17.7 Å². The van der Waals surface area contributed by atoms with Crippen LogP contribution in [0.3, 0.4) is 0 Å². The van der Waals surface area contributed by atoms with Gasteiger partial charge in [0.15, 0.2) is 31.5 Å². The smallest absolute Gasteiger partial charge is 0.364 e. The fraction of sp³-hybridized carbons (Fsp3) is 0.922. The summed E-state index contributed by atoms with van der Waals surface area (Å²) in [7, 11) is 0. The molecule has 0 aromatic carbocycles. The molecular formula is C51H87N3O38. The number of hydrogen-bond acceptors (Lipinski definition) is 37. The van der Waals surface area contributed by atoms with Gasteiger partial charge in [0.05, 0.1) is 64.5 Å². The molecule has 6 heterocycles. The van der Waals surface area contributed by atoms with E-state index in [-0.39, 0.29) is 0 Å². The van der Waals surface area contributed by atoms with E-state index in [4.69, 9.17) is 56.8 Å². The molecule has 6 aliphatic heterocycles. The summed E-state index contributed by atoms with van der Waals surface area (Å²) in [5, 5.41) is 245. The average Bonchev–Trinajstić information content (AvgIpc) is 0.774. The SMILES string of the molecule is CC(=O)N[C@H]1[C@H](O[C@H]2[C@@H](O)[C@@H](CO)O[C@@H](O[C@H]3[C@H](O[C@@H]4O[C@@H](C)[C@@H](O)[C@@H](O)[C@@H]4O)[C@@H](NC(C)=O)[C@H](O[C@@H]([C@@H](O)[C@H](O)CO)[C@@H](O)CO)O[C@@H]3CO)[C@@H]2O)O[C@H](CO)[C@@H](O[C@@H]2O[C@H](CO)[C@H](O)[C@H](O[C@]3(C(=O)O)C[C@H](O)[C@@H](NC(C)=O)[C@H]([C@H](O)[C@H](O)CO)O3)[C@H]2O)[C@@H]1O. The number of aliphatic carboxylic acids is 1. The lowest BCUT2D eigenvalue weighted by atomic mass is 9.88. The maximum Gasteiger partial charge on any atom is 0.364 e. The van der Waals surface area contributed by atoms with Crippen molar-refractivity contribution in [2.45, 2.75) is 248 Å². The van der Waals surface area contributed by atoms with Crippen molar-refractivity contribution >= 4 is 23.7 Å². The Morgan fingerprint density at radius 3 is 1.43 bits per heavy atom. The van der Waals surface area contributed by atoms with Gasteiger partial charge in [-0.1, -0.05) is 0 Å². The zero-order chi connectivity index (χ0) is 68.7. The Labute approximate surface area is 521 Å². The van der Waals surface area contributed by atoms with E-state index < -0.39 is 290 Å². The number of carbonyl (C=O) groups is 4. The van der Waals surface area contributed by atoms with Crippen LogP contribution in [0.5, 0.6) is 0 Å². The molecule has 6 rings (SSSR count). The van der Waals surface area contributed by atoms with Crippen LogP contribution >= 0.6 is 0 Å². The summed E-state index contributed by atoms with van der Waals surface area (Å²) in [5.41, 5.74) is 0. The molecule has 92 heavy (non-hydrogen) atoms. The molecule has 3 amide bonds. The Balaban J connectivity index is 1.31. The number of ether oxygens (including phenoxy) is 12. The van der Waals surface area contributed by atoms with E-state index in [0.29, 0.717) is 0 Å². The average molecular weight is 1350 g/mol. The fourth-order valence-electron chi connectivity index (χ4n) is 11.4. The fourth-order valence-corrected chi connectivity index (χ4v) is 11.4. The van der Waals surface area contributed by atoms with Gasteiger partial charge in [-0.2, -0.15) is 0 Å². The number of amides is 3. The van der Waals surface area contributed by atoms with E-state index in [2.05, 4.69) is 16.0 Å². The van der Waals surface area contributed by atoms with E-state index in [0.717, 1.165) is 20.8 Å². The molecule has 534 valence electrons. The van der Waals surface area contributed by atoms with Crippen LogP contribution in [0.4, 0.5) is 0 Å². The zero-order valence-electron chi connectivity index (χ0n) is 49.7. The molecule has 0 aromatic heterocycles. The molecule has 0 spiro atoms. The van der Waals surface area contributed by atoms with Gasteiger partial charge in [0.25, 0.3) is 5.79 Å². The van der Waals surface area contributed by atoms with Gasteiger partial charge in [0.1, 0.15) is 159 Å². The highest BCUT2D eigenvalue weighted by Gasteiger charge is 2.62. The van der Waals surface area contributed by atoms with Gasteiger partial charge in [-0.05, 0) is 6.92 Å². The quantitative estimate of drug-likeness (QED) is 0.0346. The monoisotopic (exact) mass is 1350 g/mol. The normalized spacial score (nSPS) is 44.0. The molecule has 0 radical (unpaired) electrons. The minimum absolute atomic E-state index is 0.847. The third-order valence-electron chi connectivity index (χ3n) is 16.3. The van der Waals surface area contributed by atoms with Crippen molar-refractivity contribution in [1.29, 1.82) is 0 Å². The molecule has 6 saturated heterocycles. The van der Waals surface area contributed by atoms with Crippen LogP contribution in [-0.2, 0) is 76.0 Å². The van der Waals surface area contributed by atoms with Gasteiger partial charge >= 0.3 is 5.97 Å². The second-order valence-corrected chi connectivity index (χ2v) is 22.9. The van der Waals surface area contributed by atoms with Crippen molar-refractivity contribution in [2.24, 2.45) is 0 Å². The standard InChI is InChI=1S/C51H87N3O38/c1-13-28(69)34(75)35(76)47(81-13)89-42-27(54-16(4)64)46(86-38(20(68)8-57)29(70)18(66)6-55)85-24(12-61)40(42)88-48-36(77)43(31(72)21(9-58)82-48)90-45-26(53-15(3)63)33(74)39(23(11-60)84-45)87-49-37(78)44(32(73)22(10-59)83-49)92-51(50(79)80)5-17(65)25(52-14(2)62)41(91-51)30(71)19(67)7-56/h13,17-49,55-61,65-78H,5-12H2,1-4H3,(H,52,62)(H,53,63)(H,54,64)(H,79,80)/t13-,17-,18+,19+,20-,21+,22+,23+,24+,25+,26+,27+,28+,29-,30+,31-,32-,33+,34+,35-,36+,37+,38+,39+,40+,41+,42+,43-,44-,45-,46-,47-,48-,49-,51-/m0/s1. The first-order valence-electron chi connectivity index (χ1n) is 29.0. The Kier molecular flexibility index (Phi) is 28.4. The summed E-state index contributed by atoms with van der Waals surface area (Å²) < 4.78 is 70.5. The highest BCUT2D eigenvalue weighted by atomic mass is 16.8. The zero-order valence-corrected chi connectivity index (χ0v) is 49.7. The summed E-state index contributed by atoms with van der Waals surface area (Å²) in [6, 6.07) is -5.59. The van der Waals surface area contributed by atoms with Crippen LogP contribution in [0, 0.1) is 0 Å². The van der Waals surface area contributed by atoms with Crippen LogP contribution in [0.1, 0.15) is 34.1 Å². The summed E-state index contributed by atoms with van der Waals surface area (Å²) in [6.45, 7) is -4.09. The largest absolute Gasteiger partial charge is 0.477 e. The van der Waals surface area contributed by atoms with E-state index >= 15 is 0 Å². The van der Waals surface area contributed by atoms with Crippen LogP contribution in [0.2, 0.25) is 0 Å². The Morgan fingerprint density at radius 1 is 0.467 bits per heavy atom. The third-order valence-corrected chi connectivity index (χ3v) is 16.3. The molecule has 0 aliphatic carbocycles. The molecule has 0 unspecified atom stereocenters. The minimum atomic E-state index is -3.24. The minimum Gasteiger partial charge on any atom is -0.477 e. The number of carboxylic acids is 1. The van der Waals surface area contributed by atoms with Crippen LogP contribution in [0.25, 0.3) is 0 Å². The Bertz CT molecular complexity index is 2350. The molecular weight excluding hydrogens is 1260 g/mol. The van der Waals surface area contributed by atoms with Gasteiger partial charge in [0, 0.05) is 27.2 Å². The number of aliphatic hydroxyl groups is 21. The number of carboxylic acid groups (broad SMARTS) is 1. The first-order chi connectivity index (χ1) is 43.3. The van der Waals surface area contributed by atoms with Gasteiger partial charge in [-0.15, -0.1) is 0 Å². The first-order valence-corrected chi connectivity index (χ1v) is 29.0. The molecule has 25 N–H and O–H groups in total. The van der Waals surface area contributed by atoms with Crippen LogP contribution < -0.4 is 16.0 Å². The number of carbonyl (C=O) groups excluding carboxylic acids is 3. The molecule has 6 fully saturated rings. The number of aliphatic hydroxyl groups excluding tert-OH is 21. The van der Waals surface area contributed by atoms with Crippen LogP contribution in [-0.4, -0.2) is 396 Å². The maximum atomic E-state index is 13.1. The second-order valence-electron chi connectivity index (χ2n) is 22.9. The van der Waals surface area contributed by atoms with Gasteiger partial charge in [-0.25, -0.2) is 4.79 Å². The van der Waals surface area contributed by atoms with Crippen molar-refractivity contribution < 1.29 is 188 Å². The van der Waals surface area contributed by atoms with Gasteiger partial charge in [-0.3, -0.25) is 14.4 Å². The van der Waals surface area contributed by atoms with Gasteiger partial charge < -0.3 is 185 Å². The molecule has 41 nitrogen and oxygen atoms in total. The van der Waals surface area contributed by atoms with E-state index in [1.165, 1.54) is 6.92 Å². The van der Waals surface area contributed by atoms with Crippen molar-refractivity contribution in [1.82, 2.24) is 16.0 Å². The first kappa shape index (κ1) is 77.6. The molecule has 0 bridgehead atoms. The lowest BCUT2D eigenvalue weighted by molar-refractivity contribution is -0.393. The number of hydrogen-bond donors (Lipinski definition) is 25. The summed E-state index contributed by atoms with van der Waals surface area (Å²) in [5.74, 6) is -8.12. The topological polar surface area (TPSA) is 660 Å². The molecule has 6 aliphatic rings. The predicted octanol–water partition coefficient (Wildman–Crippen LogP) is -16.0. The molecule has 0 saturated carbocycles. The summed E-state index contributed by atoms with van der Waals surface area (Å²) in [4.78, 5) is 51.1. The third kappa shape index (κ3) is 17.3. The summed E-state index contributed by atoms with van der Waals surface area (Å²) >= 11 is 0. The second kappa shape index (κ2) is 33.7. The Morgan fingerprint density at radius 2 is 0.913 bits per heavy atom. The number of nitrogens with one attached hydrogen (secondary N) is 3. The van der Waals surface area contributed by atoms with E-state index in [1.54, 1.807) is 0 Å². The van der Waals surface area contributed by atoms with Crippen LogP contribution in [0.15, 0.2) is 0 Å². The van der Waals surface area contributed by atoms with Crippen molar-refractivity contribution in [2.75, 3.05) is 46.2 Å². The lowest BCUT2D eigenvalue weighted by Gasteiger charge is -2.52. The highest BCUT2D eigenvalue weighted by molar-refractivity contribution is 5.77. The molecule has 41 heteroatoms. The summed E-state index contributed by atoms with van der Waals surface area (Å²) in [6.07, 6.45) is -66.2. The van der Waals surface area contributed by atoms with Crippen molar-refractivity contribution in [3.05, 3.63) is 0 Å². The maximum absolute atomic E-state index is 13.1. The Hall–Kier alpha value is -3.44. The predicted molar refractivity (Wildman–Crippen MR) is 285 cm³/mol. The highest BCUT2D eigenvalue weighted by Crippen LogP contribution is 2.41.